The third-order valence-corrected chi connectivity index (χ3v) is 3.37. The van der Waals surface area contributed by atoms with E-state index in [2.05, 4.69) is 14.7 Å². The number of carbonyl (C=O) groups is 1. The average Bonchev–Trinajstić information content (AvgIpc) is 2.81. The van der Waals surface area contributed by atoms with Gasteiger partial charge in [-0.3, -0.25) is 10.1 Å². The number of hydrogen-bond donors (Lipinski definition) is 1. The van der Waals surface area contributed by atoms with Gasteiger partial charge in [-0.25, -0.2) is 9.37 Å². The van der Waals surface area contributed by atoms with E-state index in [0.717, 1.165) is 11.5 Å². The third kappa shape index (κ3) is 3.19. The molecule has 1 amide bonds. The normalized spacial score (nSPS) is 11.4. The molecule has 0 spiro atoms. The molecular formula is C14H16FN3OS. The van der Waals surface area contributed by atoms with Crippen molar-refractivity contribution < 1.29 is 9.18 Å². The molecule has 0 aliphatic rings. The standard InChI is InChI=1S/C14H16FN3OS/c1-8-7-9(5-6-10(8)15)11(19)16-13-17-12(18-20-13)14(2,3)4/h5-7H,1-4H3,(H,16,17,18,19). The Balaban J connectivity index is 2.15. The van der Waals surface area contributed by atoms with E-state index in [1.165, 1.54) is 18.2 Å². The SMILES string of the molecule is Cc1cc(C(=O)Nc2nc(C(C)(C)C)ns2)ccc1F. The number of aromatic nitrogens is 2. The van der Waals surface area contributed by atoms with E-state index in [0.29, 0.717) is 22.1 Å². The van der Waals surface area contributed by atoms with Gasteiger partial charge in [0, 0.05) is 22.5 Å². The third-order valence-electron chi connectivity index (χ3n) is 2.74. The van der Waals surface area contributed by atoms with Crippen LogP contribution in [0.4, 0.5) is 9.52 Å². The summed E-state index contributed by atoms with van der Waals surface area (Å²) < 4.78 is 17.4. The number of benzene rings is 1. The van der Waals surface area contributed by atoms with Crippen molar-refractivity contribution in [3.05, 3.63) is 41.0 Å². The topological polar surface area (TPSA) is 54.9 Å². The van der Waals surface area contributed by atoms with Crippen LogP contribution in [0.5, 0.6) is 0 Å². The fourth-order valence-corrected chi connectivity index (χ4v) is 2.29. The van der Waals surface area contributed by atoms with Gasteiger partial charge in [0.05, 0.1) is 0 Å². The van der Waals surface area contributed by atoms with Crippen molar-refractivity contribution in [1.29, 1.82) is 0 Å². The number of nitrogens with zero attached hydrogens (tertiary/aromatic N) is 2. The van der Waals surface area contributed by atoms with E-state index in [1.54, 1.807) is 6.92 Å². The highest BCUT2D eigenvalue weighted by molar-refractivity contribution is 7.09. The highest BCUT2D eigenvalue weighted by atomic mass is 32.1. The fraction of sp³-hybridized carbons (Fsp3) is 0.357. The van der Waals surface area contributed by atoms with Crippen LogP contribution < -0.4 is 5.32 Å². The molecule has 4 nitrogen and oxygen atoms in total. The van der Waals surface area contributed by atoms with Gasteiger partial charge in [-0.15, -0.1) is 0 Å². The highest BCUT2D eigenvalue weighted by Gasteiger charge is 2.20. The highest BCUT2D eigenvalue weighted by Crippen LogP contribution is 2.23. The van der Waals surface area contributed by atoms with Crippen molar-refractivity contribution in [3.63, 3.8) is 0 Å². The molecule has 1 aromatic heterocycles. The molecule has 0 saturated carbocycles. The maximum absolute atomic E-state index is 13.2. The van der Waals surface area contributed by atoms with Crippen LogP contribution >= 0.6 is 11.5 Å². The number of hydrogen-bond acceptors (Lipinski definition) is 4. The minimum atomic E-state index is -0.326. The maximum Gasteiger partial charge on any atom is 0.257 e. The Hall–Kier alpha value is -1.82. The van der Waals surface area contributed by atoms with Crippen molar-refractivity contribution >= 4 is 22.6 Å². The zero-order valence-electron chi connectivity index (χ0n) is 11.8. The fourth-order valence-electron chi connectivity index (χ4n) is 1.53. The Morgan fingerprint density at radius 1 is 1.35 bits per heavy atom. The van der Waals surface area contributed by atoms with Crippen LogP contribution in [-0.4, -0.2) is 15.3 Å². The van der Waals surface area contributed by atoms with Gasteiger partial charge in [0.25, 0.3) is 5.91 Å². The van der Waals surface area contributed by atoms with Crippen molar-refractivity contribution in [3.8, 4) is 0 Å². The summed E-state index contributed by atoms with van der Waals surface area (Å²) in [6, 6.07) is 4.24. The Kier molecular flexibility index (Phi) is 3.85. The molecule has 0 bridgehead atoms. The first-order valence-electron chi connectivity index (χ1n) is 6.19. The van der Waals surface area contributed by atoms with E-state index in [-0.39, 0.29) is 17.1 Å². The van der Waals surface area contributed by atoms with E-state index in [4.69, 9.17) is 0 Å². The summed E-state index contributed by atoms with van der Waals surface area (Å²) >= 11 is 1.14. The molecular weight excluding hydrogens is 277 g/mol. The largest absolute Gasteiger partial charge is 0.297 e. The first-order valence-corrected chi connectivity index (χ1v) is 6.96. The smallest absolute Gasteiger partial charge is 0.257 e. The zero-order valence-corrected chi connectivity index (χ0v) is 12.6. The summed E-state index contributed by atoms with van der Waals surface area (Å²) in [6.45, 7) is 7.63. The van der Waals surface area contributed by atoms with Crippen molar-refractivity contribution in [2.45, 2.75) is 33.1 Å². The van der Waals surface area contributed by atoms with Crippen LogP contribution in [0, 0.1) is 12.7 Å². The summed E-state index contributed by atoms with van der Waals surface area (Å²) in [5.41, 5.74) is 0.674. The van der Waals surface area contributed by atoms with Crippen LogP contribution in [0.15, 0.2) is 18.2 Å². The molecule has 2 rings (SSSR count). The van der Waals surface area contributed by atoms with Gasteiger partial charge in [0.2, 0.25) is 5.13 Å². The van der Waals surface area contributed by atoms with Gasteiger partial charge in [-0.05, 0) is 30.7 Å². The summed E-state index contributed by atoms with van der Waals surface area (Å²) in [6.07, 6.45) is 0. The second kappa shape index (κ2) is 5.28. The minimum Gasteiger partial charge on any atom is -0.297 e. The monoisotopic (exact) mass is 293 g/mol. The van der Waals surface area contributed by atoms with E-state index in [9.17, 15) is 9.18 Å². The second-order valence-electron chi connectivity index (χ2n) is 5.59. The quantitative estimate of drug-likeness (QED) is 0.921. The molecule has 0 aliphatic carbocycles. The molecule has 1 N–H and O–H groups in total. The maximum atomic E-state index is 13.2. The van der Waals surface area contributed by atoms with Crippen molar-refractivity contribution in [2.24, 2.45) is 0 Å². The molecule has 0 unspecified atom stereocenters. The van der Waals surface area contributed by atoms with Gasteiger partial charge in [-0.2, -0.15) is 4.37 Å². The number of halogens is 1. The molecule has 0 saturated heterocycles. The lowest BCUT2D eigenvalue weighted by atomic mass is 9.96. The molecule has 6 heteroatoms. The van der Waals surface area contributed by atoms with E-state index in [1.807, 2.05) is 20.8 Å². The molecule has 0 atom stereocenters. The lowest BCUT2D eigenvalue weighted by Crippen LogP contribution is -2.15. The number of rotatable bonds is 2. The molecule has 0 fully saturated rings. The molecule has 20 heavy (non-hydrogen) atoms. The Bertz CT molecular complexity index is 646. The molecule has 0 radical (unpaired) electrons. The lowest BCUT2D eigenvalue weighted by Gasteiger charge is -2.12. The molecule has 0 aliphatic heterocycles. The molecule has 106 valence electrons. The Morgan fingerprint density at radius 3 is 2.60 bits per heavy atom. The van der Waals surface area contributed by atoms with E-state index < -0.39 is 0 Å². The van der Waals surface area contributed by atoms with Crippen LogP contribution in [0.3, 0.4) is 0 Å². The predicted molar refractivity (Wildman–Crippen MR) is 77.7 cm³/mol. The van der Waals surface area contributed by atoms with Gasteiger partial charge in [0.1, 0.15) is 11.6 Å². The Labute approximate surface area is 121 Å². The van der Waals surface area contributed by atoms with E-state index >= 15 is 0 Å². The molecule has 2 aromatic rings. The number of aryl methyl sites for hydroxylation is 1. The average molecular weight is 293 g/mol. The van der Waals surface area contributed by atoms with Gasteiger partial charge < -0.3 is 0 Å². The molecule has 1 aromatic carbocycles. The first-order chi connectivity index (χ1) is 9.27. The summed E-state index contributed by atoms with van der Waals surface area (Å²) in [7, 11) is 0. The summed E-state index contributed by atoms with van der Waals surface area (Å²) in [5, 5.41) is 3.13. The number of carbonyl (C=O) groups excluding carboxylic acids is 1. The van der Waals surface area contributed by atoms with Crippen LogP contribution in [-0.2, 0) is 5.41 Å². The van der Waals surface area contributed by atoms with Crippen molar-refractivity contribution in [1.82, 2.24) is 9.36 Å². The second-order valence-corrected chi connectivity index (χ2v) is 6.34. The number of anilines is 1. The Morgan fingerprint density at radius 2 is 2.05 bits per heavy atom. The number of nitrogens with one attached hydrogen (secondary N) is 1. The first kappa shape index (κ1) is 14.6. The zero-order chi connectivity index (χ0) is 14.9. The number of amides is 1. The van der Waals surface area contributed by atoms with Crippen molar-refractivity contribution in [2.75, 3.05) is 5.32 Å². The summed E-state index contributed by atoms with van der Waals surface area (Å²) in [5.74, 6) is 0.0466. The minimum absolute atomic E-state index is 0.161. The summed E-state index contributed by atoms with van der Waals surface area (Å²) in [4.78, 5) is 16.3. The van der Waals surface area contributed by atoms with Gasteiger partial charge in [0.15, 0.2) is 0 Å². The predicted octanol–water partition coefficient (Wildman–Crippen LogP) is 3.54. The molecule has 1 heterocycles. The lowest BCUT2D eigenvalue weighted by molar-refractivity contribution is 0.102. The van der Waals surface area contributed by atoms with Gasteiger partial charge in [-0.1, -0.05) is 20.8 Å². The van der Waals surface area contributed by atoms with Crippen LogP contribution in [0.25, 0.3) is 0 Å². The van der Waals surface area contributed by atoms with Crippen LogP contribution in [0.1, 0.15) is 42.5 Å². The van der Waals surface area contributed by atoms with Gasteiger partial charge >= 0.3 is 0 Å². The van der Waals surface area contributed by atoms with Crippen LogP contribution in [0.2, 0.25) is 0 Å².